The van der Waals surface area contributed by atoms with E-state index >= 15 is 0 Å². The highest BCUT2D eigenvalue weighted by molar-refractivity contribution is 6.33. The van der Waals surface area contributed by atoms with Crippen LogP contribution < -0.4 is 5.32 Å². The fourth-order valence-corrected chi connectivity index (χ4v) is 3.05. The molecule has 0 aliphatic rings. The molecule has 2 heterocycles. The van der Waals surface area contributed by atoms with Gasteiger partial charge in [0.25, 0.3) is 5.91 Å². The maximum absolute atomic E-state index is 12.6. The van der Waals surface area contributed by atoms with Gasteiger partial charge in [0.1, 0.15) is 5.69 Å². The lowest BCUT2D eigenvalue weighted by Crippen LogP contribution is -2.15. The predicted octanol–water partition coefficient (Wildman–Crippen LogP) is 3.96. The van der Waals surface area contributed by atoms with Gasteiger partial charge in [0.2, 0.25) is 0 Å². The zero-order valence-electron chi connectivity index (χ0n) is 15.9. The maximum atomic E-state index is 12.6. The van der Waals surface area contributed by atoms with E-state index in [1.165, 1.54) is 12.1 Å². The van der Waals surface area contributed by atoms with Gasteiger partial charge in [-0.2, -0.15) is 13.2 Å². The Morgan fingerprint density at radius 3 is 2.35 bits per heavy atom. The van der Waals surface area contributed by atoms with E-state index in [1.54, 1.807) is 24.4 Å². The van der Waals surface area contributed by atoms with Gasteiger partial charge in [-0.05, 0) is 35.9 Å². The summed E-state index contributed by atoms with van der Waals surface area (Å²) in [7, 11) is 0. The number of aliphatic hydroxyl groups excluding tert-OH is 2. The first kappa shape index (κ1) is 22.7. The quantitative estimate of drug-likeness (QED) is 0.527. The molecule has 6 nitrogen and oxygen atoms in total. The molecule has 0 aliphatic carbocycles. The average Bonchev–Trinajstić information content (AvgIpc) is 2.73. The number of nitrogens with one attached hydrogen (secondary N) is 1. The normalized spacial score (nSPS) is 12.5. The molecule has 162 valence electrons. The summed E-state index contributed by atoms with van der Waals surface area (Å²) in [6.45, 7) is -0.370. The second-order valence-corrected chi connectivity index (χ2v) is 7.08. The van der Waals surface area contributed by atoms with Gasteiger partial charge >= 0.3 is 6.18 Å². The molecule has 31 heavy (non-hydrogen) atoms. The van der Waals surface area contributed by atoms with Crippen molar-refractivity contribution in [2.24, 2.45) is 0 Å². The SMILES string of the molecule is O=C(Nc1ccc(C(F)(F)F)nc1)c1ccc(-c2ncc(C[C@@H](O)CO)cc2Cl)cc1. The average molecular weight is 452 g/mol. The van der Waals surface area contributed by atoms with Gasteiger partial charge in [-0.25, -0.2) is 4.98 Å². The largest absolute Gasteiger partial charge is 0.433 e. The number of anilines is 1. The van der Waals surface area contributed by atoms with Crippen molar-refractivity contribution in [1.82, 2.24) is 9.97 Å². The summed E-state index contributed by atoms with van der Waals surface area (Å²) in [5.41, 5.74) is 1.15. The van der Waals surface area contributed by atoms with Gasteiger partial charge in [-0.1, -0.05) is 23.7 Å². The number of alkyl halides is 3. The number of aliphatic hydroxyl groups is 2. The Bertz CT molecular complexity index is 1060. The van der Waals surface area contributed by atoms with E-state index in [-0.39, 0.29) is 24.3 Å². The second-order valence-electron chi connectivity index (χ2n) is 6.68. The van der Waals surface area contributed by atoms with Gasteiger partial charge in [0.05, 0.1) is 35.3 Å². The summed E-state index contributed by atoms with van der Waals surface area (Å²) in [5, 5.41) is 21.3. The van der Waals surface area contributed by atoms with Crippen LogP contribution in [0.2, 0.25) is 5.02 Å². The summed E-state index contributed by atoms with van der Waals surface area (Å²) in [4.78, 5) is 19.9. The van der Waals surface area contributed by atoms with Crippen molar-refractivity contribution in [3.8, 4) is 11.3 Å². The first-order valence-corrected chi connectivity index (χ1v) is 9.43. The van der Waals surface area contributed by atoms with Crippen molar-refractivity contribution in [3.05, 3.63) is 76.7 Å². The molecule has 2 aromatic heterocycles. The van der Waals surface area contributed by atoms with Gasteiger partial charge in [0, 0.05) is 23.7 Å². The molecule has 1 atom stereocenters. The monoisotopic (exact) mass is 451 g/mol. The Morgan fingerprint density at radius 1 is 1.10 bits per heavy atom. The number of hydrogen-bond acceptors (Lipinski definition) is 5. The second kappa shape index (κ2) is 9.42. The van der Waals surface area contributed by atoms with Gasteiger partial charge in [-0.3, -0.25) is 9.78 Å². The summed E-state index contributed by atoms with van der Waals surface area (Å²) < 4.78 is 37.7. The molecular formula is C21H17ClF3N3O3. The highest BCUT2D eigenvalue weighted by atomic mass is 35.5. The Labute approximate surface area is 180 Å². The first-order chi connectivity index (χ1) is 14.7. The number of rotatable bonds is 6. The van der Waals surface area contributed by atoms with Crippen LogP contribution in [0.25, 0.3) is 11.3 Å². The van der Waals surface area contributed by atoms with Crippen LogP contribution in [0.1, 0.15) is 21.6 Å². The molecule has 0 saturated carbocycles. The lowest BCUT2D eigenvalue weighted by atomic mass is 10.1. The number of pyridine rings is 2. The van der Waals surface area contributed by atoms with Gasteiger partial charge < -0.3 is 15.5 Å². The Kier molecular flexibility index (Phi) is 6.89. The van der Waals surface area contributed by atoms with Crippen LogP contribution in [0.15, 0.2) is 54.9 Å². The summed E-state index contributed by atoms with van der Waals surface area (Å²) in [5.74, 6) is -0.513. The van der Waals surface area contributed by atoms with E-state index in [1.807, 2.05) is 0 Å². The number of hydrogen-bond donors (Lipinski definition) is 3. The van der Waals surface area contributed by atoms with Crippen molar-refractivity contribution in [2.45, 2.75) is 18.7 Å². The van der Waals surface area contributed by atoms with E-state index < -0.39 is 23.9 Å². The molecule has 0 bridgehead atoms. The van der Waals surface area contributed by atoms with Crippen LogP contribution in [0.5, 0.6) is 0 Å². The molecule has 3 rings (SSSR count). The Balaban J connectivity index is 1.70. The number of nitrogens with zero attached hydrogens (tertiary/aromatic N) is 2. The van der Waals surface area contributed by atoms with Crippen LogP contribution in [0.3, 0.4) is 0 Å². The highest BCUT2D eigenvalue weighted by Gasteiger charge is 2.32. The molecule has 0 fully saturated rings. The molecule has 0 saturated heterocycles. The predicted molar refractivity (Wildman–Crippen MR) is 109 cm³/mol. The fourth-order valence-electron chi connectivity index (χ4n) is 2.76. The third kappa shape index (κ3) is 5.78. The van der Waals surface area contributed by atoms with Crippen molar-refractivity contribution < 1.29 is 28.2 Å². The summed E-state index contributed by atoms with van der Waals surface area (Å²) in [6.07, 6.45) is -2.76. The number of benzene rings is 1. The summed E-state index contributed by atoms with van der Waals surface area (Å²) in [6, 6.07) is 9.89. The van der Waals surface area contributed by atoms with Crippen molar-refractivity contribution in [3.63, 3.8) is 0 Å². The fraction of sp³-hybridized carbons (Fsp3) is 0.190. The van der Waals surface area contributed by atoms with Crippen molar-refractivity contribution in [1.29, 1.82) is 0 Å². The Morgan fingerprint density at radius 2 is 1.81 bits per heavy atom. The number of carbonyl (C=O) groups is 1. The number of amides is 1. The standard InChI is InChI=1S/C21H17ClF3N3O3/c22-17-8-12(7-16(30)11-29)9-27-19(17)13-1-3-14(4-2-13)20(31)28-15-5-6-18(26-10-15)21(23,24)25/h1-6,8-10,16,29-30H,7,11H2,(H,28,31)/t16-/m1/s1. The summed E-state index contributed by atoms with van der Waals surface area (Å²) >= 11 is 6.27. The zero-order chi connectivity index (χ0) is 22.6. The smallest absolute Gasteiger partial charge is 0.394 e. The van der Waals surface area contributed by atoms with Crippen LogP contribution >= 0.6 is 11.6 Å². The molecule has 0 radical (unpaired) electrons. The molecule has 1 amide bonds. The van der Waals surface area contributed by atoms with E-state index in [4.69, 9.17) is 16.7 Å². The van der Waals surface area contributed by atoms with Crippen molar-refractivity contribution in [2.75, 3.05) is 11.9 Å². The minimum Gasteiger partial charge on any atom is -0.394 e. The zero-order valence-corrected chi connectivity index (χ0v) is 16.7. The minimum atomic E-state index is -4.55. The third-order valence-corrected chi connectivity index (χ3v) is 4.60. The number of carbonyl (C=O) groups excluding carboxylic acids is 1. The van der Waals surface area contributed by atoms with E-state index in [0.717, 1.165) is 18.3 Å². The first-order valence-electron chi connectivity index (χ1n) is 9.05. The van der Waals surface area contributed by atoms with E-state index in [2.05, 4.69) is 15.3 Å². The Hall–Kier alpha value is -3.01. The number of halogens is 4. The van der Waals surface area contributed by atoms with E-state index in [0.29, 0.717) is 21.8 Å². The molecule has 0 unspecified atom stereocenters. The molecular weight excluding hydrogens is 435 g/mol. The maximum Gasteiger partial charge on any atom is 0.433 e. The van der Waals surface area contributed by atoms with Crippen LogP contribution in [0.4, 0.5) is 18.9 Å². The molecule has 10 heteroatoms. The van der Waals surface area contributed by atoms with Crippen molar-refractivity contribution >= 4 is 23.2 Å². The van der Waals surface area contributed by atoms with E-state index in [9.17, 15) is 23.1 Å². The number of aromatic nitrogens is 2. The van der Waals surface area contributed by atoms with Crippen LogP contribution in [-0.2, 0) is 12.6 Å². The molecule has 0 spiro atoms. The topological polar surface area (TPSA) is 95.3 Å². The highest BCUT2D eigenvalue weighted by Crippen LogP contribution is 2.29. The third-order valence-electron chi connectivity index (χ3n) is 4.31. The molecule has 3 N–H and O–H groups in total. The van der Waals surface area contributed by atoms with Crippen LogP contribution in [0, 0.1) is 0 Å². The minimum absolute atomic E-state index is 0.132. The molecule has 1 aromatic carbocycles. The molecule has 0 aliphatic heterocycles. The molecule has 3 aromatic rings. The lowest BCUT2D eigenvalue weighted by Gasteiger charge is -2.10. The lowest BCUT2D eigenvalue weighted by molar-refractivity contribution is -0.141. The van der Waals surface area contributed by atoms with Gasteiger partial charge in [0.15, 0.2) is 0 Å². The van der Waals surface area contributed by atoms with Crippen LogP contribution in [-0.4, -0.2) is 38.8 Å². The van der Waals surface area contributed by atoms with Gasteiger partial charge in [-0.15, -0.1) is 0 Å².